The Hall–Kier alpha value is -3.66. The Morgan fingerprint density at radius 2 is 1.72 bits per heavy atom. The van der Waals surface area contributed by atoms with Gasteiger partial charge in [0.15, 0.2) is 12.4 Å². The summed E-state index contributed by atoms with van der Waals surface area (Å²) >= 11 is 0. The maximum atomic E-state index is 13.0. The van der Waals surface area contributed by atoms with Crippen LogP contribution in [-0.4, -0.2) is 48.9 Å². The molecular weight excluding hydrogens is 372 g/mol. The fourth-order valence-electron chi connectivity index (χ4n) is 3.24. The highest BCUT2D eigenvalue weighted by atomic mass is 16.6. The number of carbonyl (C=O) groups is 3. The number of ketones is 1. The van der Waals surface area contributed by atoms with Gasteiger partial charge >= 0.3 is 5.97 Å². The molecule has 2 aromatic rings. The van der Waals surface area contributed by atoms with Crippen LogP contribution in [0.5, 0.6) is 5.75 Å². The predicted octanol–water partition coefficient (Wildman–Crippen LogP) is 2.60. The van der Waals surface area contributed by atoms with Crippen molar-refractivity contribution in [2.45, 2.75) is 18.9 Å². The minimum Gasteiger partial charge on any atom is -0.482 e. The van der Waals surface area contributed by atoms with E-state index < -0.39 is 12.0 Å². The van der Waals surface area contributed by atoms with E-state index in [2.05, 4.69) is 4.74 Å². The topological polar surface area (TPSA) is 96.7 Å². The fourth-order valence-corrected chi connectivity index (χ4v) is 3.24. The van der Waals surface area contributed by atoms with Gasteiger partial charge in [0.1, 0.15) is 5.75 Å². The van der Waals surface area contributed by atoms with Crippen molar-refractivity contribution < 1.29 is 23.9 Å². The number of nitrogens with zero attached hydrogens (tertiary/aromatic N) is 2. The monoisotopic (exact) mass is 392 g/mol. The van der Waals surface area contributed by atoms with Crippen molar-refractivity contribution in [3.05, 3.63) is 65.2 Å². The summed E-state index contributed by atoms with van der Waals surface area (Å²) in [7, 11) is 1.28. The lowest BCUT2D eigenvalue weighted by atomic mass is 10.0. The van der Waals surface area contributed by atoms with Crippen LogP contribution in [0.1, 0.15) is 39.1 Å². The molecule has 0 N–H and O–H groups in total. The number of esters is 1. The average Bonchev–Trinajstić information content (AvgIpc) is 3.26. The summed E-state index contributed by atoms with van der Waals surface area (Å²) in [6.07, 6.45) is 1.35. The molecule has 148 valence electrons. The lowest BCUT2D eigenvalue weighted by molar-refractivity contribution is -0.142. The second-order valence-corrected chi connectivity index (χ2v) is 6.60. The molecule has 29 heavy (non-hydrogen) atoms. The number of likely N-dealkylation sites (tertiary alicyclic amines) is 1. The molecule has 7 nitrogen and oxygen atoms in total. The van der Waals surface area contributed by atoms with Crippen LogP contribution < -0.4 is 4.74 Å². The number of benzene rings is 2. The molecule has 0 spiro atoms. The summed E-state index contributed by atoms with van der Waals surface area (Å²) in [5.41, 5.74) is 1.40. The van der Waals surface area contributed by atoms with Crippen molar-refractivity contribution in [1.29, 1.82) is 5.26 Å². The van der Waals surface area contributed by atoms with Crippen molar-refractivity contribution in [2.75, 3.05) is 20.3 Å². The zero-order valence-electron chi connectivity index (χ0n) is 16.0. The molecular formula is C22H20N2O5. The van der Waals surface area contributed by atoms with E-state index in [1.807, 2.05) is 6.07 Å². The number of methoxy groups -OCH3 is 1. The lowest BCUT2D eigenvalue weighted by Crippen LogP contribution is -2.40. The molecule has 1 aliphatic heterocycles. The molecule has 1 unspecified atom stereocenters. The molecule has 1 aliphatic rings. The van der Waals surface area contributed by atoms with Gasteiger partial charge in [-0.3, -0.25) is 9.59 Å². The highest BCUT2D eigenvalue weighted by molar-refractivity contribution is 6.04. The molecule has 0 radical (unpaired) electrons. The number of Topliss-reactive ketones (excluding diaryl/α,β-unsaturated/α-hetero) is 1. The molecule has 1 saturated heterocycles. The molecule has 3 rings (SSSR count). The van der Waals surface area contributed by atoms with Gasteiger partial charge in [0, 0.05) is 17.7 Å². The van der Waals surface area contributed by atoms with E-state index in [0.29, 0.717) is 35.4 Å². The van der Waals surface area contributed by atoms with Gasteiger partial charge in [-0.2, -0.15) is 5.26 Å². The predicted molar refractivity (Wildman–Crippen MR) is 103 cm³/mol. The summed E-state index contributed by atoms with van der Waals surface area (Å²) in [5, 5.41) is 8.89. The van der Waals surface area contributed by atoms with E-state index in [4.69, 9.17) is 10.00 Å². The van der Waals surface area contributed by atoms with Gasteiger partial charge in [0.25, 0.3) is 5.91 Å². The number of nitriles is 1. The Balaban J connectivity index is 1.70. The van der Waals surface area contributed by atoms with Crippen molar-refractivity contribution in [3.8, 4) is 11.8 Å². The number of amides is 1. The Morgan fingerprint density at radius 1 is 1.07 bits per heavy atom. The highest BCUT2D eigenvalue weighted by Crippen LogP contribution is 2.24. The lowest BCUT2D eigenvalue weighted by Gasteiger charge is -2.24. The molecule has 1 fully saturated rings. The number of hydrogen-bond acceptors (Lipinski definition) is 6. The van der Waals surface area contributed by atoms with Crippen molar-refractivity contribution in [2.24, 2.45) is 0 Å². The molecule has 7 heteroatoms. The van der Waals surface area contributed by atoms with Crippen LogP contribution in [0.3, 0.4) is 0 Å². The van der Waals surface area contributed by atoms with Gasteiger partial charge in [-0.15, -0.1) is 0 Å². The normalized spacial score (nSPS) is 15.4. The largest absolute Gasteiger partial charge is 0.482 e. The molecule has 0 bridgehead atoms. The van der Waals surface area contributed by atoms with Gasteiger partial charge in [0.2, 0.25) is 0 Å². The van der Waals surface area contributed by atoms with Crippen molar-refractivity contribution in [1.82, 2.24) is 4.90 Å². The standard InChI is InChI=1S/C22H20N2O5/c1-28-20(25)14-29-18-10-8-16(9-11-18)21(26)19-3-2-12-24(19)22(27)17-6-4-15(13-23)5-7-17/h4-11,19H,2-3,12,14H2,1H3. The summed E-state index contributed by atoms with van der Waals surface area (Å²) in [5.74, 6) is -0.399. The Kier molecular flexibility index (Phi) is 6.25. The molecule has 0 saturated carbocycles. The van der Waals surface area contributed by atoms with E-state index in [1.54, 1.807) is 53.4 Å². The third-order valence-corrected chi connectivity index (χ3v) is 4.80. The molecule has 0 aliphatic carbocycles. The van der Waals surface area contributed by atoms with Crippen LogP contribution in [0.4, 0.5) is 0 Å². The smallest absolute Gasteiger partial charge is 0.343 e. The first-order valence-corrected chi connectivity index (χ1v) is 9.18. The fraction of sp³-hybridized carbons (Fsp3) is 0.273. The minimum absolute atomic E-state index is 0.135. The molecule has 1 heterocycles. The highest BCUT2D eigenvalue weighted by Gasteiger charge is 2.34. The van der Waals surface area contributed by atoms with Crippen LogP contribution in [0.25, 0.3) is 0 Å². The molecule has 0 aromatic heterocycles. The van der Waals surface area contributed by atoms with Gasteiger partial charge < -0.3 is 14.4 Å². The Morgan fingerprint density at radius 3 is 2.34 bits per heavy atom. The van der Waals surface area contributed by atoms with E-state index in [-0.39, 0.29) is 18.3 Å². The zero-order valence-corrected chi connectivity index (χ0v) is 16.0. The van der Waals surface area contributed by atoms with Crippen LogP contribution >= 0.6 is 0 Å². The van der Waals surface area contributed by atoms with E-state index in [0.717, 1.165) is 6.42 Å². The van der Waals surface area contributed by atoms with Crippen LogP contribution in [0.15, 0.2) is 48.5 Å². The Labute approximate surface area is 168 Å². The second-order valence-electron chi connectivity index (χ2n) is 6.60. The first-order valence-electron chi connectivity index (χ1n) is 9.18. The second kappa shape index (κ2) is 9.02. The maximum absolute atomic E-state index is 13.0. The summed E-state index contributed by atoms with van der Waals surface area (Å²) in [6, 6.07) is 14.3. The molecule has 2 aromatic carbocycles. The third kappa shape index (κ3) is 4.61. The van der Waals surface area contributed by atoms with E-state index >= 15 is 0 Å². The van der Waals surface area contributed by atoms with Crippen LogP contribution in [0, 0.1) is 11.3 Å². The van der Waals surface area contributed by atoms with Gasteiger partial charge in [0.05, 0.1) is 24.8 Å². The summed E-state index contributed by atoms with van der Waals surface area (Å²) in [6.45, 7) is 0.300. The molecule has 1 amide bonds. The number of carbonyl (C=O) groups excluding carboxylic acids is 3. The van der Waals surface area contributed by atoms with Crippen LogP contribution in [0.2, 0.25) is 0 Å². The number of rotatable bonds is 6. The van der Waals surface area contributed by atoms with Gasteiger partial charge in [-0.1, -0.05) is 0 Å². The SMILES string of the molecule is COC(=O)COc1ccc(C(=O)C2CCCN2C(=O)c2ccc(C#N)cc2)cc1. The van der Waals surface area contributed by atoms with Gasteiger partial charge in [-0.25, -0.2) is 4.79 Å². The van der Waals surface area contributed by atoms with Crippen LogP contribution in [-0.2, 0) is 9.53 Å². The number of ether oxygens (including phenoxy) is 2. The average molecular weight is 392 g/mol. The van der Waals surface area contributed by atoms with E-state index in [1.165, 1.54) is 7.11 Å². The summed E-state index contributed by atoms with van der Waals surface area (Å²) < 4.78 is 9.80. The van der Waals surface area contributed by atoms with Gasteiger partial charge in [-0.05, 0) is 61.4 Å². The van der Waals surface area contributed by atoms with E-state index in [9.17, 15) is 14.4 Å². The number of hydrogen-bond donors (Lipinski definition) is 0. The van der Waals surface area contributed by atoms with Crippen molar-refractivity contribution >= 4 is 17.7 Å². The first kappa shape index (κ1) is 20.1. The Bertz CT molecular complexity index is 945. The third-order valence-electron chi connectivity index (χ3n) is 4.80. The van der Waals surface area contributed by atoms with Crippen molar-refractivity contribution in [3.63, 3.8) is 0 Å². The first-order chi connectivity index (χ1) is 14.0. The zero-order chi connectivity index (χ0) is 20.8. The maximum Gasteiger partial charge on any atom is 0.343 e. The molecule has 1 atom stereocenters. The quantitative estimate of drug-likeness (QED) is 0.554. The minimum atomic E-state index is -0.528. The summed E-state index contributed by atoms with van der Waals surface area (Å²) in [4.78, 5) is 38.5.